The average molecular weight is 428 g/mol. The molecule has 1 aromatic rings. The van der Waals surface area contributed by atoms with Gasteiger partial charge in [-0.05, 0) is 37.0 Å². The minimum absolute atomic E-state index is 0.105. The van der Waals surface area contributed by atoms with Gasteiger partial charge in [0.2, 0.25) is 15.9 Å². The summed E-state index contributed by atoms with van der Waals surface area (Å²) >= 11 is 0. The third-order valence-electron chi connectivity index (χ3n) is 4.77. The highest BCUT2D eigenvalue weighted by atomic mass is 32.2. The van der Waals surface area contributed by atoms with Gasteiger partial charge in [-0.3, -0.25) is 4.79 Å². The number of aromatic hydroxyl groups is 1. The van der Waals surface area contributed by atoms with Crippen LogP contribution in [-0.4, -0.2) is 74.1 Å². The van der Waals surface area contributed by atoms with E-state index in [-0.39, 0.29) is 48.6 Å². The first-order chi connectivity index (χ1) is 13.6. The molecule has 0 bridgehead atoms. The van der Waals surface area contributed by atoms with Gasteiger partial charge < -0.3 is 20.1 Å². The van der Waals surface area contributed by atoms with Gasteiger partial charge >= 0.3 is 6.09 Å². The van der Waals surface area contributed by atoms with Crippen LogP contribution in [0.5, 0.6) is 5.75 Å². The van der Waals surface area contributed by atoms with E-state index in [1.54, 1.807) is 17.9 Å². The number of nitrogens with one attached hydrogen (secondary N) is 1. The Morgan fingerprint density at radius 1 is 1.21 bits per heavy atom. The lowest BCUT2D eigenvalue weighted by Gasteiger charge is -2.36. The maximum absolute atomic E-state index is 12.9. The van der Waals surface area contributed by atoms with Crippen molar-refractivity contribution in [3.63, 3.8) is 0 Å². The third-order valence-corrected chi connectivity index (χ3v) is 6.69. The quantitative estimate of drug-likeness (QED) is 0.707. The number of nitrogens with zero attached hydrogens (tertiary/aromatic N) is 2. The Hall–Kier alpha value is -2.33. The molecule has 0 aromatic heterocycles. The number of hydrogen-bond acceptors (Lipinski definition) is 6. The minimum Gasteiger partial charge on any atom is -0.507 e. The molecule has 0 radical (unpaired) electrons. The van der Waals surface area contributed by atoms with Crippen LogP contribution < -0.4 is 5.32 Å². The molecule has 2 N–H and O–H groups in total. The Balaban J connectivity index is 2.09. The Bertz CT molecular complexity index is 848. The van der Waals surface area contributed by atoms with Crippen LogP contribution >= 0.6 is 0 Å². The molecule has 1 aromatic carbocycles. The number of hydrogen-bond donors (Lipinski definition) is 2. The lowest BCUT2D eigenvalue weighted by molar-refractivity contribution is -0.135. The molecule has 2 amide bonds. The summed E-state index contributed by atoms with van der Waals surface area (Å²) in [5.74, 6) is -0.389. The predicted octanol–water partition coefficient (Wildman–Crippen LogP) is 1.30. The molecule has 1 fully saturated rings. The lowest BCUT2D eigenvalue weighted by atomic mass is 10.0. The van der Waals surface area contributed by atoms with Crippen molar-refractivity contribution >= 4 is 22.0 Å². The number of carbonyl (C=O) groups excluding carboxylic acids is 2. The number of benzene rings is 1. The zero-order valence-corrected chi connectivity index (χ0v) is 18.0. The highest BCUT2D eigenvalue weighted by Crippen LogP contribution is 2.27. The van der Waals surface area contributed by atoms with Crippen LogP contribution in [0.1, 0.15) is 25.8 Å². The summed E-state index contributed by atoms with van der Waals surface area (Å²) in [4.78, 5) is 25.8. The molecule has 29 heavy (non-hydrogen) atoms. The molecule has 1 atom stereocenters. The van der Waals surface area contributed by atoms with E-state index in [2.05, 4.69) is 10.1 Å². The van der Waals surface area contributed by atoms with E-state index in [9.17, 15) is 23.1 Å². The highest BCUT2D eigenvalue weighted by molar-refractivity contribution is 7.89. The number of aryl methyl sites for hydroxylation is 1. The number of amides is 2. The zero-order valence-electron chi connectivity index (χ0n) is 17.2. The highest BCUT2D eigenvalue weighted by Gasteiger charge is 2.34. The van der Waals surface area contributed by atoms with Gasteiger partial charge in [-0.2, -0.15) is 4.31 Å². The Labute approximate surface area is 171 Å². The molecule has 0 spiro atoms. The minimum atomic E-state index is -3.87. The topological polar surface area (TPSA) is 116 Å². The molecule has 9 nitrogen and oxygen atoms in total. The average Bonchev–Trinajstić information content (AvgIpc) is 2.68. The summed E-state index contributed by atoms with van der Waals surface area (Å²) < 4.78 is 31.6. The molecule has 1 heterocycles. The van der Waals surface area contributed by atoms with Crippen LogP contribution in [0.25, 0.3) is 0 Å². The summed E-state index contributed by atoms with van der Waals surface area (Å²) in [7, 11) is -2.64. The monoisotopic (exact) mass is 427 g/mol. The van der Waals surface area contributed by atoms with E-state index < -0.39 is 22.2 Å². The first-order valence-electron chi connectivity index (χ1n) is 9.49. The van der Waals surface area contributed by atoms with Crippen molar-refractivity contribution in [1.29, 1.82) is 0 Å². The molecule has 0 saturated carbocycles. The molecule has 10 heteroatoms. The third kappa shape index (κ3) is 5.60. The molecular formula is C19H29N3O6S. The van der Waals surface area contributed by atoms with Crippen molar-refractivity contribution in [2.45, 2.75) is 38.1 Å². The smallest absolute Gasteiger partial charge is 0.407 e. The van der Waals surface area contributed by atoms with Crippen molar-refractivity contribution in [2.24, 2.45) is 5.92 Å². The van der Waals surface area contributed by atoms with E-state index in [0.717, 1.165) is 5.56 Å². The van der Waals surface area contributed by atoms with E-state index in [1.807, 2.05) is 13.8 Å². The van der Waals surface area contributed by atoms with Gasteiger partial charge in [0, 0.05) is 26.2 Å². The second-order valence-corrected chi connectivity index (χ2v) is 9.42. The number of rotatable bonds is 6. The fraction of sp³-hybridized carbons (Fsp3) is 0.579. The van der Waals surface area contributed by atoms with Crippen LogP contribution in [0.2, 0.25) is 0 Å². The molecule has 162 valence electrons. The molecular weight excluding hydrogens is 398 g/mol. The van der Waals surface area contributed by atoms with Crippen molar-refractivity contribution in [2.75, 3.05) is 33.3 Å². The van der Waals surface area contributed by atoms with Crippen LogP contribution in [-0.2, 0) is 19.6 Å². The number of alkyl carbamates (subject to hydrolysis) is 1. The number of sulfonamides is 1. The fourth-order valence-corrected chi connectivity index (χ4v) is 4.82. The molecule has 1 unspecified atom stereocenters. The van der Waals surface area contributed by atoms with Gasteiger partial charge in [-0.1, -0.05) is 19.9 Å². The second kappa shape index (κ2) is 9.45. The van der Waals surface area contributed by atoms with Gasteiger partial charge in [-0.25, -0.2) is 13.2 Å². The molecule has 0 aliphatic carbocycles. The van der Waals surface area contributed by atoms with Crippen LogP contribution in [0.4, 0.5) is 4.79 Å². The second-order valence-electron chi connectivity index (χ2n) is 7.52. The Morgan fingerprint density at radius 2 is 1.83 bits per heavy atom. The maximum atomic E-state index is 12.9. The van der Waals surface area contributed by atoms with Crippen molar-refractivity contribution in [1.82, 2.24) is 14.5 Å². The predicted molar refractivity (Wildman–Crippen MR) is 107 cm³/mol. The fourth-order valence-electron chi connectivity index (χ4n) is 3.23. The zero-order chi connectivity index (χ0) is 21.8. The van der Waals surface area contributed by atoms with E-state index in [0.29, 0.717) is 6.42 Å². The van der Waals surface area contributed by atoms with Crippen LogP contribution in [0.15, 0.2) is 23.1 Å². The largest absolute Gasteiger partial charge is 0.507 e. The van der Waals surface area contributed by atoms with Crippen molar-refractivity contribution in [3.05, 3.63) is 23.8 Å². The Kier molecular flexibility index (Phi) is 7.48. The number of piperazine rings is 1. The first kappa shape index (κ1) is 23.0. The van der Waals surface area contributed by atoms with Crippen molar-refractivity contribution < 1.29 is 27.9 Å². The summed E-state index contributed by atoms with van der Waals surface area (Å²) in [5, 5.41) is 12.5. The number of methoxy groups -OCH3 is 1. The standard InChI is InChI=1S/C19H29N3O6S/c1-13(2)11-15(20-19(25)28-4)18(24)21-7-9-22(10-8-21)29(26,27)17-12-14(3)5-6-16(17)23/h5-6,12-13,15,23H,7-11H2,1-4H3,(H,20,25). The molecule has 1 saturated heterocycles. The molecule has 1 aliphatic heterocycles. The van der Waals surface area contributed by atoms with Gasteiger partial charge in [0.15, 0.2) is 0 Å². The number of carbonyl (C=O) groups is 2. The lowest BCUT2D eigenvalue weighted by Crippen LogP contribution is -2.56. The van der Waals surface area contributed by atoms with Gasteiger partial charge in [0.25, 0.3) is 0 Å². The summed E-state index contributed by atoms with van der Waals surface area (Å²) in [5.41, 5.74) is 0.723. The summed E-state index contributed by atoms with van der Waals surface area (Å²) in [6.45, 7) is 6.24. The van der Waals surface area contributed by atoms with Gasteiger partial charge in [0.05, 0.1) is 7.11 Å². The van der Waals surface area contributed by atoms with E-state index in [4.69, 9.17) is 0 Å². The van der Waals surface area contributed by atoms with Crippen LogP contribution in [0, 0.1) is 12.8 Å². The summed E-state index contributed by atoms with van der Waals surface area (Å²) in [6.07, 6.45) is -0.232. The van der Waals surface area contributed by atoms with Crippen molar-refractivity contribution in [3.8, 4) is 5.75 Å². The number of ether oxygens (including phenoxy) is 1. The number of phenols is 1. The molecule has 2 rings (SSSR count). The number of phenolic OH excluding ortho intramolecular Hbond substituents is 1. The SMILES string of the molecule is COC(=O)NC(CC(C)C)C(=O)N1CCN(S(=O)(=O)c2cc(C)ccc2O)CC1. The molecule has 1 aliphatic rings. The summed E-state index contributed by atoms with van der Waals surface area (Å²) in [6, 6.07) is 3.69. The van der Waals surface area contributed by atoms with Gasteiger partial charge in [0.1, 0.15) is 16.7 Å². The van der Waals surface area contributed by atoms with E-state index >= 15 is 0 Å². The van der Waals surface area contributed by atoms with Gasteiger partial charge in [-0.15, -0.1) is 0 Å². The first-order valence-corrected chi connectivity index (χ1v) is 10.9. The van der Waals surface area contributed by atoms with E-state index in [1.165, 1.54) is 23.5 Å². The maximum Gasteiger partial charge on any atom is 0.407 e. The Morgan fingerprint density at radius 3 is 2.38 bits per heavy atom. The van der Waals surface area contributed by atoms with Crippen LogP contribution in [0.3, 0.4) is 0 Å². The normalized spacial score (nSPS) is 16.5.